The second-order valence-electron chi connectivity index (χ2n) is 8.58. The highest BCUT2D eigenvalue weighted by atomic mass is 32.2. The van der Waals surface area contributed by atoms with Crippen molar-refractivity contribution in [2.75, 3.05) is 0 Å². The van der Waals surface area contributed by atoms with Gasteiger partial charge in [-0.3, -0.25) is 9.78 Å². The molecule has 3 aromatic carbocycles. The van der Waals surface area contributed by atoms with E-state index in [1.54, 1.807) is 66.9 Å². The molecule has 0 aliphatic rings. The first-order chi connectivity index (χ1) is 18.8. The van der Waals surface area contributed by atoms with Crippen molar-refractivity contribution >= 4 is 21.9 Å². The molecule has 1 amide bonds. The molecule has 1 unspecified atom stereocenters. The molecule has 10 heteroatoms. The molecule has 0 fully saturated rings. The van der Waals surface area contributed by atoms with Crippen molar-refractivity contribution in [1.29, 1.82) is 5.26 Å². The normalized spacial score (nSPS) is 11.9. The Morgan fingerprint density at radius 3 is 2.15 bits per heavy atom. The van der Waals surface area contributed by atoms with E-state index in [1.165, 1.54) is 40.7 Å². The van der Waals surface area contributed by atoms with Crippen LogP contribution in [0.1, 0.15) is 38.8 Å². The first-order valence-electron chi connectivity index (χ1n) is 11.9. The van der Waals surface area contributed by atoms with Crippen LogP contribution in [0.5, 0.6) is 0 Å². The molecule has 2 N–H and O–H groups in total. The van der Waals surface area contributed by atoms with Gasteiger partial charge < -0.3 is 10.4 Å². The lowest BCUT2D eigenvalue weighted by Gasteiger charge is -2.22. The molecule has 0 aliphatic heterocycles. The Balaban J connectivity index is 1.55. The number of hydrogen-bond acceptors (Lipinski definition) is 6. The van der Waals surface area contributed by atoms with Crippen LogP contribution in [0.4, 0.5) is 0 Å². The van der Waals surface area contributed by atoms with Crippen LogP contribution in [0.15, 0.2) is 108 Å². The topological polar surface area (TPSA) is 140 Å². The molecule has 4 rings (SSSR count). The molecule has 0 radical (unpaired) electrons. The Kier molecular flexibility index (Phi) is 8.46. The second kappa shape index (κ2) is 12.1. The zero-order valence-corrected chi connectivity index (χ0v) is 21.5. The van der Waals surface area contributed by atoms with Gasteiger partial charge in [0.05, 0.1) is 28.8 Å². The zero-order chi connectivity index (χ0) is 27.8. The van der Waals surface area contributed by atoms with E-state index in [1.807, 2.05) is 6.07 Å². The third kappa shape index (κ3) is 6.73. The van der Waals surface area contributed by atoms with E-state index in [9.17, 15) is 23.1 Å². The van der Waals surface area contributed by atoms with E-state index >= 15 is 0 Å². The minimum atomic E-state index is -3.97. The van der Waals surface area contributed by atoms with Crippen LogP contribution in [-0.2, 0) is 27.9 Å². The van der Waals surface area contributed by atoms with Crippen LogP contribution < -0.4 is 5.32 Å². The van der Waals surface area contributed by atoms with Gasteiger partial charge in [0.25, 0.3) is 5.91 Å². The largest absolute Gasteiger partial charge is 0.479 e. The lowest BCUT2D eigenvalue weighted by atomic mass is 10.1. The number of amides is 1. The number of nitrogens with one attached hydrogen (secondary N) is 1. The van der Waals surface area contributed by atoms with E-state index in [2.05, 4.69) is 10.3 Å². The van der Waals surface area contributed by atoms with Crippen LogP contribution in [0.3, 0.4) is 0 Å². The summed E-state index contributed by atoms with van der Waals surface area (Å²) in [6.45, 7) is -0.00858. The van der Waals surface area contributed by atoms with Crippen molar-refractivity contribution in [3.05, 3.63) is 131 Å². The average Bonchev–Trinajstić information content (AvgIpc) is 2.96. The van der Waals surface area contributed by atoms with Gasteiger partial charge in [-0.15, -0.1) is 0 Å². The first kappa shape index (κ1) is 27.2. The van der Waals surface area contributed by atoms with Crippen LogP contribution in [-0.4, -0.2) is 34.7 Å². The molecule has 1 aromatic heterocycles. The quantitative estimate of drug-likeness (QED) is 0.311. The highest BCUT2D eigenvalue weighted by Gasteiger charge is 2.26. The molecule has 0 saturated heterocycles. The number of hydrogen-bond donors (Lipinski definition) is 2. The fraction of sp³-hybridized carbons (Fsp3) is 0.103. The number of nitriles is 1. The lowest BCUT2D eigenvalue weighted by molar-refractivity contribution is -0.139. The smallest absolute Gasteiger partial charge is 0.330 e. The highest BCUT2D eigenvalue weighted by Crippen LogP contribution is 2.22. The third-order valence-electron chi connectivity index (χ3n) is 5.92. The highest BCUT2D eigenvalue weighted by molar-refractivity contribution is 7.89. The first-order valence-corrected chi connectivity index (χ1v) is 13.3. The van der Waals surface area contributed by atoms with E-state index in [-0.39, 0.29) is 23.5 Å². The fourth-order valence-electron chi connectivity index (χ4n) is 3.86. The third-order valence-corrected chi connectivity index (χ3v) is 7.72. The standard InChI is InChI=1S/C29H24N4O5S/c30-18-21-11-15-26(16-12-21)39(37,38)33(20-25-8-4-5-17-31-25)19-22-9-13-24(14-10-22)28(34)32-27(29(35)36)23-6-2-1-3-7-23/h1-17,27H,19-20H2,(H,32,34)(H,35,36). The van der Waals surface area contributed by atoms with Crippen molar-refractivity contribution in [3.63, 3.8) is 0 Å². The van der Waals surface area contributed by atoms with Crippen LogP contribution in [0.2, 0.25) is 0 Å². The molecule has 0 bridgehead atoms. The fourth-order valence-corrected chi connectivity index (χ4v) is 5.26. The van der Waals surface area contributed by atoms with E-state index in [4.69, 9.17) is 5.26 Å². The molecule has 1 atom stereocenters. The monoisotopic (exact) mass is 540 g/mol. The second-order valence-corrected chi connectivity index (χ2v) is 10.5. The van der Waals surface area contributed by atoms with Gasteiger partial charge in [0, 0.05) is 18.3 Å². The maximum atomic E-state index is 13.5. The molecule has 1 heterocycles. The Morgan fingerprint density at radius 1 is 0.897 bits per heavy atom. The molecule has 4 aromatic rings. The molecule has 39 heavy (non-hydrogen) atoms. The van der Waals surface area contributed by atoms with Gasteiger partial charge >= 0.3 is 5.97 Å². The summed E-state index contributed by atoms with van der Waals surface area (Å²) < 4.78 is 28.3. The predicted octanol–water partition coefficient (Wildman–Crippen LogP) is 3.90. The molecular weight excluding hydrogens is 516 g/mol. The van der Waals surface area contributed by atoms with Crippen molar-refractivity contribution in [3.8, 4) is 6.07 Å². The summed E-state index contributed by atoms with van der Waals surface area (Å²) in [5.41, 5.74) is 2.17. The Bertz CT molecular complexity index is 1590. The van der Waals surface area contributed by atoms with Crippen molar-refractivity contribution in [2.24, 2.45) is 0 Å². The average molecular weight is 541 g/mol. The van der Waals surface area contributed by atoms with E-state index in [0.717, 1.165) is 0 Å². The Labute approximate surface area is 226 Å². The molecule has 196 valence electrons. The summed E-state index contributed by atoms with van der Waals surface area (Å²) in [6, 6.07) is 26.3. The summed E-state index contributed by atoms with van der Waals surface area (Å²) in [4.78, 5) is 28.8. The van der Waals surface area contributed by atoms with Crippen LogP contribution in [0.25, 0.3) is 0 Å². The number of carboxylic acids is 1. The van der Waals surface area contributed by atoms with Gasteiger partial charge in [0.15, 0.2) is 6.04 Å². The number of carbonyl (C=O) groups is 2. The number of pyridine rings is 1. The predicted molar refractivity (Wildman–Crippen MR) is 143 cm³/mol. The number of carbonyl (C=O) groups excluding carboxylic acids is 1. The van der Waals surface area contributed by atoms with Gasteiger partial charge in [-0.1, -0.05) is 48.5 Å². The van der Waals surface area contributed by atoms with Gasteiger partial charge in [0.1, 0.15) is 0 Å². The molecular formula is C29H24N4O5S. The molecule has 9 nitrogen and oxygen atoms in total. The lowest BCUT2D eigenvalue weighted by Crippen LogP contribution is -2.33. The number of sulfonamides is 1. The molecule has 0 saturated carbocycles. The SMILES string of the molecule is N#Cc1ccc(S(=O)(=O)N(Cc2ccc(C(=O)NC(C(=O)O)c3ccccc3)cc2)Cc2ccccn2)cc1. The van der Waals surface area contributed by atoms with Crippen LogP contribution >= 0.6 is 0 Å². The van der Waals surface area contributed by atoms with Crippen molar-refractivity contribution in [2.45, 2.75) is 24.0 Å². The summed E-state index contributed by atoms with van der Waals surface area (Å²) in [7, 11) is -3.97. The number of rotatable bonds is 10. The van der Waals surface area contributed by atoms with Crippen molar-refractivity contribution in [1.82, 2.24) is 14.6 Å². The molecule has 0 spiro atoms. The van der Waals surface area contributed by atoms with E-state index < -0.39 is 27.9 Å². The Hall–Kier alpha value is -4.85. The number of aromatic nitrogens is 1. The summed E-state index contributed by atoms with van der Waals surface area (Å²) in [5.74, 6) is -1.77. The molecule has 0 aliphatic carbocycles. The number of carboxylic acid groups (broad SMARTS) is 1. The van der Waals surface area contributed by atoms with Gasteiger partial charge in [-0.25, -0.2) is 13.2 Å². The maximum absolute atomic E-state index is 13.5. The van der Waals surface area contributed by atoms with Gasteiger partial charge in [0.2, 0.25) is 10.0 Å². The number of aliphatic carboxylic acids is 1. The summed E-state index contributed by atoms with van der Waals surface area (Å²) >= 11 is 0. The maximum Gasteiger partial charge on any atom is 0.330 e. The summed E-state index contributed by atoms with van der Waals surface area (Å²) in [5, 5.41) is 21.2. The Morgan fingerprint density at radius 2 is 1.56 bits per heavy atom. The van der Waals surface area contributed by atoms with Gasteiger partial charge in [-0.05, 0) is 59.7 Å². The van der Waals surface area contributed by atoms with Crippen LogP contribution in [0, 0.1) is 11.3 Å². The number of benzene rings is 3. The minimum absolute atomic E-state index is 0.00276. The summed E-state index contributed by atoms with van der Waals surface area (Å²) in [6.07, 6.45) is 1.58. The number of nitrogens with zero attached hydrogens (tertiary/aromatic N) is 3. The minimum Gasteiger partial charge on any atom is -0.479 e. The zero-order valence-electron chi connectivity index (χ0n) is 20.6. The van der Waals surface area contributed by atoms with Crippen molar-refractivity contribution < 1.29 is 23.1 Å². The van der Waals surface area contributed by atoms with E-state index in [0.29, 0.717) is 22.4 Å². The van der Waals surface area contributed by atoms with Gasteiger partial charge in [-0.2, -0.15) is 9.57 Å².